The molecule has 1 N–H and O–H groups in total. The predicted molar refractivity (Wildman–Crippen MR) is 75.5 cm³/mol. The lowest BCUT2D eigenvalue weighted by Gasteiger charge is -2.15. The van der Waals surface area contributed by atoms with Crippen molar-refractivity contribution < 1.29 is 0 Å². The summed E-state index contributed by atoms with van der Waals surface area (Å²) in [6.07, 6.45) is 0. The minimum atomic E-state index is 0.129. The van der Waals surface area contributed by atoms with Crippen LogP contribution in [0.5, 0.6) is 0 Å². The molecule has 2 heterocycles. The minimum absolute atomic E-state index is 0.129. The Hall–Kier alpha value is -1.40. The van der Waals surface area contributed by atoms with E-state index in [1.807, 2.05) is 19.5 Å². The van der Waals surface area contributed by atoms with Gasteiger partial charge in [-0.15, -0.1) is 0 Å². The SMILES string of the molecule is CC(Nc1nc(Cl)nc(N(C)C)n1)c1ccsc1. The predicted octanol–water partition coefficient (Wildman–Crippen LogP) is 2.83. The summed E-state index contributed by atoms with van der Waals surface area (Å²) in [5.74, 6) is 1.02. The first-order valence-corrected chi connectivity index (χ1v) is 6.76. The zero-order valence-corrected chi connectivity index (χ0v) is 12.0. The Morgan fingerprint density at radius 2 is 2.11 bits per heavy atom. The topological polar surface area (TPSA) is 53.9 Å². The summed E-state index contributed by atoms with van der Waals surface area (Å²) in [5, 5.41) is 7.53. The second-order valence-electron chi connectivity index (χ2n) is 4.05. The minimum Gasteiger partial charge on any atom is -0.347 e. The van der Waals surface area contributed by atoms with Gasteiger partial charge >= 0.3 is 0 Å². The van der Waals surface area contributed by atoms with E-state index in [1.165, 1.54) is 5.56 Å². The maximum atomic E-state index is 5.88. The lowest BCUT2D eigenvalue weighted by molar-refractivity contribution is 0.851. The van der Waals surface area contributed by atoms with Crippen molar-refractivity contribution in [2.45, 2.75) is 13.0 Å². The Bertz CT molecular complexity index is 514. The van der Waals surface area contributed by atoms with E-state index in [4.69, 9.17) is 11.6 Å². The number of rotatable bonds is 4. The summed E-state index contributed by atoms with van der Waals surface area (Å²) in [7, 11) is 3.72. The van der Waals surface area contributed by atoms with Crippen molar-refractivity contribution in [1.82, 2.24) is 15.0 Å². The van der Waals surface area contributed by atoms with E-state index >= 15 is 0 Å². The lowest BCUT2D eigenvalue weighted by atomic mass is 10.2. The highest BCUT2D eigenvalue weighted by atomic mass is 35.5. The van der Waals surface area contributed by atoms with Crippen LogP contribution in [-0.4, -0.2) is 29.0 Å². The van der Waals surface area contributed by atoms with Gasteiger partial charge < -0.3 is 10.2 Å². The van der Waals surface area contributed by atoms with Crippen LogP contribution in [0.15, 0.2) is 16.8 Å². The Kier molecular flexibility index (Phi) is 3.98. The quantitative estimate of drug-likeness (QED) is 0.935. The van der Waals surface area contributed by atoms with Gasteiger partial charge in [0.2, 0.25) is 17.2 Å². The van der Waals surface area contributed by atoms with E-state index in [9.17, 15) is 0 Å². The van der Waals surface area contributed by atoms with Crippen LogP contribution in [0.2, 0.25) is 5.28 Å². The molecule has 2 aromatic heterocycles. The van der Waals surface area contributed by atoms with Gasteiger partial charge in [0, 0.05) is 14.1 Å². The van der Waals surface area contributed by atoms with Crippen LogP contribution >= 0.6 is 22.9 Å². The van der Waals surface area contributed by atoms with Gasteiger partial charge in [-0.25, -0.2) is 0 Å². The van der Waals surface area contributed by atoms with Crippen LogP contribution in [0.1, 0.15) is 18.5 Å². The van der Waals surface area contributed by atoms with Gasteiger partial charge in [-0.3, -0.25) is 0 Å². The van der Waals surface area contributed by atoms with Gasteiger partial charge in [0.05, 0.1) is 6.04 Å². The van der Waals surface area contributed by atoms with E-state index in [0.29, 0.717) is 11.9 Å². The van der Waals surface area contributed by atoms with Crippen molar-refractivity contribution in [3.8, 4) is 0 Å². The molecule has 0 aliphatic carbocycles. The van der Waals surface area contributed by atoms with Crippen LogP contribution in [-0.2, 0) is 0 Å². The molecule has 18 heavy (non-hydrogen) atoms. The van der Waals surface area contributed by atoms with Crippen molar-refractivity contribution in [1.29, 1.82) is 0 Å². The Morgan fingerprint density at radius 3 is 2.72 bits per heavy atom. The zero-order valence-electron chi connectivity index (χ0n) is 10.4. The smallest absolute Gasteiger partial charge is 0.230 e. The molecule has 0 fully saturated rings. The van der Waals surface area contributed by atoms with Crippen molar-refractivity contribution in [3.05, 3.63) is 27.7 Å². The molecule has 2 rings (SSSR count). The molecule has 2 aromatic rings. The van der Waals surface area contributed by atoms with Gasteiger partial charge in [0.1, 0.15) is 0 Å². The molecule has 5 nitrogen and oxygen atoms in total. The number of thiophene rings is 1. The van der Waals surface area contributed by atoms with E-state index in [0.717, 1.165) is 0 Å². The molecule has 96 valence electrons. The molecule has 0 aliphatic rings. The first kappa shape index (κ1) is 13.0. The number of anilines is 2. The largest absolute Gasteiger partial charge is 0.347 e. The van der Waals surface area contributed by atoms with Crippen LogP contribution in [0, 0.1) is 0 Å². The lowest BCUT2D eigenvalue weighted by Crippen LogP contribution is -2.16. The standard InChI is InChI=1S/C11H14ClN5S/c1-7(8-4-5-18-6-8)13-10-14-9(12)15-11(16-10)17(2)3/h4-7H,1-3H3,(H,13,14,15,16). The zero-order chi connectivity index (χ0) is 13.1. The Morgan fingerprint density at radius 1 is 1.33 bits per heavy atom. The summed E-state index contributed by atoms with van der Waals surface area (Å²) in [6.45, 7) is 2.05. The number of halogens is 1. The fraction of sp³-hybridized carbons (Fsp3) is 0.364. The normalized spacial score (nSPS) is 12.2. The van der Waals surface area contributed by atoms with Gasteiger partial charge in [-0.05, 0) is 40.9 Å². The molecule has 1 atom stereocenters. The fourth-order valence-corrected chi connectivity index (χ4v) is 2.31. The van der Waals surface area contributed by atoms with Crippen molar-refractivity contribution in [2.75, 3.05) is 24.3 Å². The van der Waals surface area contributed by atoms with Gasteiger partial charge in [-0.2, -0.15) is 26.3 Å². The fourth-order valence-electron chi connectivity index (χ4n) is 1.40. The Labute approximate surface area is 115 Å². The highest BCUT2D eigenvalue weighted by molar-refractivity contribution is 7.07. The average molecular weight is 284 g/mol. The summed E-state index contributed by atoms with van der Waals surface area (Å²) in [4.78, 5) is 14.2. The van der Waals surface area contributed by atoms with Crippen molar-refractivity contribution >= 4 is 34.8 Å². The number of nitrogens with one attached hydrogen (secondary N) is 1. The molecule has 0 aliphatic heterocycles. The molecule has 0 aromatic carbocycles. The number of aromatic nitrogens is 3. The summed E-state index contributed by atoms with van der Waals surface area (Å²) in [5.41, 5.74) is 1.20. The summed E-state index contributed by atoms with van der Waals surface area (Å²) < 4.78 is 0. The first-order chi connectivity index (χ1) is 8.56. The van der Waals surface area contributed by atoms with Gasteiger partial charge in [0.25, 0.3) is 0 Å². The van der Waals surface area contributed by atoms with Crippen molar-refractivity contribution in [2.24, 2.45) is 0 Å². The van der Waals surface area contributed by atoms with Gasteiger partial charge in [0.15, 0.2) is 0 Å². The van der Waals surface area contributed by atoms with E-state index in [-0.39, 0.29) is 11.3 Å². The summed E-state index contributed by atoms with van der Waals surface area (Å²) in [6, 6.07) is 2.20. The van der Waals surface area contributed by atoms with Crippen LogP contribution in [0.3, 0.4) is 0 Å². The second-order valence-corrected chi connectivity index (χ2v) is 5.16. The van der Waals surface area contributed by atoms with Crippen LogP contribution < -0.4 is 10.2 Å². The van der Waals surface area contributed by atoms with Crippen molar-refractivity contribution in [3.63, 3.8) is 0 Å². The molecule has 0 saturated heterocycles. The highest BCUT2D eigenvalue weighted by Gasteiger charge is 2.10. The third kappa shape index (κ3) is 3.08. The maximum Gasteiger partial charge on any atom is 0.230 e. The average Bonchev–Trinajstić information content (AvgIpc) is 2.81. The summed E-state index contributed by atoms with van der Waals surface area (Å²) >= 11 is 7.54. The molecule has 0 radical (unpaired) electrons. The highest BCUT2D eigenvalue weighted by Crippen LogP contribution is 2.20. The maximum absolute atomic E-state index is 5.88. The molecule has 0 bridgehead atoms. The van der Waals surface area contributed by atoms with Crippen LogP contribution in [0.25, 0.3) is 0 Å². The van der Waals surface area contributed by atoms with E-state index in [1.54, 1.807) is 16.2 Å². The molecule has 0 spiro atoms. The molecule has 0 amide bonds. The first-order valence-electron chi connectivity index (χ1n) is 5.44. The third-order valence-corrected chi connectivity index (χ3v) is 3.26. The monoisotopic (exact) mass is 283 g/mol. The second kappa shape index (κ2) is 5.49. The number of nitrogens with zero attached hydrogens (tertiary/aromatic N) is 4. The van der Waals surface area contributed by atoms with Gasteiger partial charge in [-0.1, -0.05) is 0 Å². The number of hydrogen-bond acceptors (Lipinski definition) is 6. The molecular formula is C11H14ClN5S. The van der Waals surface area contributed by atoms with Crippen LogP contribution in [0.4, 0.5) is 11.9 Å². The van der Waals surface area contributed by atoms with E-state index in [2.05, 4.69) is 38.6 Å². The Balaban J connectivity index is 2.18. The molecular weight excluding hydrogens is 270 g/mol. The molecule has 0 saturated carbocycles. The number of hydrogen-bond donors (Lipinski definition) is 1. The van der Waals surface area contributed by atoms with E-state index < -0.39 is 0 Å². The third-order valence-electron chi connectivity index (χ3n) is 2.39. The molecule has 1 unspecified atom stereocenters. The molecule has 7 heteroatoms.